The molecule has 3 aromatic carbocycles. The van der Waals surface area contributed by atoms with Crippen LogP contribution in [0.25, 0.3) is 17.4 Å². The summed E-state index contributed by atoms with van der Waals surface area (Å²) in [7, 11) is 0. The first-order valence-electron chi connectivity index (χ1n) is 11.6. The maximum absolute atomic E-state index is 13.6. The number of thioether (sulfide) groups is 1. The SMILES string of the molecule is Cc1ccc(N=C2S/C(=C/c3ccc(-c4ccc(F)cc4)o3)C(=O)N2c2ccc(C)c(C)c2)cc1C. The number of furan rings is 1. The highest BCUT2D eigenvalue weighted by Gasteiger charge is 2.35. The number of anilines is 1. The minimum absolute atomic E-state index is 0.162. The van der Waals surface area contributed by atoms with Crippen molar-refractivity contribution in [3.05, 3.63) is 112 Å². The normalized spacial score (nSPS) is 15.9. The number of amidine groups is 1. The van der Waals surface area contributed by atoms with Crippen LogP contribution >= 0.6 is 11.8 Å². The number of benzene rings is 3. The lowest BCUT2D eigenvalue weighted by atomic mass is 10.1. The van der Waals surface area contributed by atoms with Gasteiger partial charge in [0.25, 0.3) is 5.91 Å². The second-order valence-electron chi connectivity index (χ2n) is 8.89. The van der Waals surface area contributed by atoms with Crippen molar-refractivity contribution in [1.82, 2.24) is 0 Å². The van der Waals surface area contributed by atoms with Gasteiger partial charge in [-0.3, -0.25) is 9.69 Å². The molecule has 0 N–H and O–H groups in total. The van der Waals surface area contributed by atoms with Crippen LogP contribution in [-0.2, 0) is 4.79 Å². The summed E-state index contributed by atoms with van der Waals surface area (Å²) >= 11 is 1.32. The Morgan fingerprint density at radius 1 is 0.833 bits per heavy atom. The van der Waals surface area contributed by atoms with Gasteiger partial charge < -0.3 is 4.42 Å². The smallest absolute Gasteiger partial charge is 0.271 e. The Hall–Kier alpha value is -3.90. The summed E-state index contributed by atoms with van der Waals surface area (Å²) in [4.78, 5) is 20.6. The van der Waals surface area contributed by atoms with Crippen molar-refractivity contribution in [3.8, 4) is 11.3 Å². The Kier molecular flexibility index (Phi) is 6.37. The monoisotopic (exact) mass is 496 g/mol. The van der Waals surface area contributed by atoms with E-state index in [4.69, 9.17) is 9.41 Å². The van der Waals surface area contributed by atoms with Crippen LogP contribution in [0.1, 0.15) is 28.0 Å². The van der Waals surface area contributed by atoms with Crippen molar-refractivity contribution < 1.29 is 13.6 Å². The van der Waals surface area contributed by atoms with E-state index in [-0.39, 0.29) is 11.7 Å². The van der Waals surface area contributed by atoms with Gasteiger partial charge in [-0.05, 0) is 122 Å². The second-order valence-corrected chi connectivity index (χ2v) is 9.90. The minimum atomic E-state index is -0.303. The van der Waals surface area contributed by atoms with E-state index < -0.39 is 0 Å². The quantitative estimate of drug-likeness (QED) is 0.268. The van der Waals surface area contributed by atoms with Crippen LogP contribution in [0.2, 0.25) is 0 Å². The summed E-state index contributed by atoms with van der Waals surface area (Å²) in [6.45, 7) is 8.19. The van der Waals surface area contributed by atoms with Crippen molar-refractivity contribution in [3.63, 3.8) is 0 Å². The average Bonchev–Trinajstić information content (AvgIpc) is 3.43. The van der Waals surface area contributed by atoms with Gasteiger partial charge in [0, 0.05) is 11.6 Å². The summed E-state index contributed by atoms with van der Waals surface area (Å²) in [5.41, 5.74) is 6.92. The molecule has 2 heterocycles. The van der Waals surface area contributed by atoms with Crippen molar-refractivity contribution >= 4 is 40.3 Å². The van der Waals surface area contributed by atoms with E-state index in [1.165, 1.54) is 29.5 Å². The molecule has 0 spiro atoms. The van der Waals surface area contributed by atoms with Crippen LogP contribution in [-0.4, -0.2) is 11.1 Å². The third kappa shape index (κ3) is 4.77. The van der Waals surface area contributed by atoms with Gasteiger partial charge in [0.1, 0.15) is 17.3 Å². The number of hydrogen-bond acceptors (Lipinski definition) is 4. The zero-order valence-electron chi connectivity index (χ0n) is 20.5. The standard InChI is InChI=1S/C30H25FN2O2S/c1-18-5-11-24(15-20(18)3)32-30-33(25-12-6-19(2)21(4)16-25)29(34)28(36-30)17-26-13-14-27(35-26)22-7-9-23(31)10-8-22/h5-17H,1-4H3/b28-17+,32-30?. The molecule has 0 bridgehead atoms. The molecule has 1 amide bonds. The largest absolute Gasteiger partial charge is 0.457 e. The average molecular weight is 497 g/mol. The predicted octanol–water partition coefficient (Wildman–Crippen LogP) is 8.13. The fourth-order valence-electron chi connectivity index (χ4n) is 3.88. The number of rotatable bonds is 4. The first-order valence-corrected chi connectivity index (χ1v) is 12.4. The Balaban J connectivity index is 1.53. The van der Waals surface area contributed by atoms with Gasteiger partial charge in [0.15, 0.2) is 5.17 Å². The van der Waals surface area contributed by atoms with Gasteiger partial charge in [-0.15, -0.1) is 0 Å². The van der Waals surface area contributed by atoms with E-state index in [0.29, 0.717) is 21.6 Å². The van der Waals surface area contributed by atoms with E-state index in [0.717, 1.165) is 33.6 Å². The first-order chi connectivity index (χ1) is 17.3. The predicted molar refractivity (Wildman–Crippen MR) is 146 cm³/mol. The summed E-state index contributed by atoms with van der Waals surface area (Å²) in [5.74, 6) is 0.679. The molecule has 6 heteroatoms. The van der Waals surface area contributed by atoms with E-state index in [2.05, 4.69) is 6.92 Å². The molecule has 4 aromatic rings. The van der Waals surface area contributed by atoms with E-state index in [1.54, 1.807) is 29.2 Å². The van der Waals surface area contributed by atoms with Crippen LogP contribution < -0.4 is 4.90 Å². The maximum Gasteiger partial charge on any atom is 0.271 e. The fraction of sp³-hybridized carbons (Fsp3) is 0.133. The number of carbonyl (C=O) groups excluding carboxylic acids is 1. The maximum atomic E-state index is 13.6. The summed E-state index contributed by atoms with van der Waals surface area (Å²) in [5, 5.41) is 0.586. The van der Waals surface area contributed by atoms with Crippen molar-refractivity contribution in [1.29, 1.82) is 0 Å². The van der Waals surface area contributed by atoms with Crippen molar-refractivity contribution in [2.24, 2.45) is 4.99 Å². The molecule has 1 aliphatic heterocycles. The molecule has 1 aromatic heterocycles. The number of carbonyl (C=O) groups is 1. The third-order valence-electron chi connectivity index (χ3n) is 6.30. The second kappa shape index (κ2) is 9.63. The molecule has 4 nitrogen and oxygen atoms in total. The van der Waals surface area contributed by atoms with Gasteiger partial charge >= 0.3 is 0 Å². The molecule has 36 heavy (non-hydrogen) atoms. The molecule has 0 radical (unpaired) electrons. The molecule has 180 valence electrons. The summed E-state index contributed by atoms with van der Waals surface area (Å²) in [6.07, 6.45) is 1.73. The van der Waals surface area contributed by atoms with Gasteiger partial charge in [0.2, 0.25) is 0 Å². The number of nitrogens with zero attached hydrogens (tertiary/aromatic N) is 2. The van der Waals surface area contributed by atoms with Crippen LogP contribution in [0.15, 0.2) is 87.1 Å². The molecule has 1 fully saturated rings. The van der Waals surface area contributed by atoms with Gasteiger partial charge in [-0.25, -0.2) is 9.38 Å². The molecule has 1 aliphatic rings. The topological polar surface area (TPSA) is 45.8 Å². The minimum Gasteiger partial charge on any atom is -0.457 e. The van der Waals surface area contributed by atoms with Crippen molar-refractivity contribution in [2.45, 2.75) is 27.7 Å². The van der Waals surface area contributed by atoms with Gasteiger partial charge in [0.05, 0.1) is 16.3 Å². The highest BCUT2D eigenvalue weighted by Crippen LogP contribution is 2.38. The fourth-order valence-corrected chi connectivity index (χ4v) is 4.86. The zero-order valence-corrected chi connectivity index (χ0v) is 21.3. The number of aliphatic imine (C=N–C) groups is 1. The Labute approximate surface area is 214 Å². The Bertz CT molecular complexity index is 1530. The molecular formula is C30H25FN2O2S. The number of hydrogen-bond donors (Lipinski definition) is 0. The first kappa shape index (κ1) is 23.8. The van der Waals surface area contributed by atoms with Crippen LogP contribution in [0, 0.1) is 33.5 Å². The Morgan fingerprint density at radius 2 is 1.53 bits per heavy atom. The zero-order chi connectivity index (χ0) is 25.4. The van der Waals surface area contributed by atoms with Crippen LogP contribution in [0.5, 0.6) is 0 Å². The molecule has 5 rings (SSSR count). The summed E-state index contributed by atoms with van der Waals surface area (Å²) < 4.78 is 19.2. The van der Waals surface area contributed by atoms with Gasteiger partial charge in [-0.1, -0.05) is 12.1 Å². The number of halogens is 1. The Morgan fingerprint density at radius 3 is 2.22 bits per heavy atom. The lowest BCUT2D eigenvalue weighted by Crippen LogP contribution is -2.28. The van der Waals surface area contributed by atoms with E-state index in [1.807, 2.05) is 63.2 Å². The molecule has 1 saturated heterocycles. The lowest BCUT2D eigenvalue weighted by molar-refractivity contribution is -0.113. The van der Waals surface area contributed by atoms with Crippen molar-refractivity contribution in [2.75, 3.05) is 4.90 Å². The lowest BCUT2D eigenvalue weighted by Gasteiger charge is -2.17. The molecule has 0 aliphatic carbocycles. The molecule has 0 atom stereocenters. The van der Waals surface area contributed by atoms with E-state index >= 15 is 0 Å². The number of aryl methyl sites for hydroxylation is 4. The van der Waals surface area contributed by atoms with Gasteiger partial charge in [-0.2, -0.15) is 0 Å². The van der Waals surface area contributed by atoms with Crippen LogP contribution in [0.4, 0.5) is 15.8 Å². The van der Waals surface area contributed by atoms with E-state index in [9.17, 15) is 9.18 Å². The number of amides is 1. The highest BCUT2D eigenvalue weighted by atomic mass is 32.2. The highest BCUT2D eigenvalue weighted by molar-refractivity contribution is 8.19. The third-order valence-corrected chi connectivity index (χ3v) is 7.27. The van der Waals surface area contributed by atoms with Crippen LogP contribution in [0.3, 0.4) is 0 Å². The molecule has 0 saturated carbocycles. The summed E-state index contributed by atoms with van der Waals surface area (Å²) in [6, 6.07) is 21.7. The molecule has 0 unspecified atom stereocenters. The molecular weight excluding hydrogens is 471 g/mol.